The minimum Gasteiger partial charge on any atom is -0.405 e. The van der Waals surface area contributed by atoms with Gasteiger partial charge in [-0.3, -0.25) is 9.36 Å². The van der Waals surface area contributed by atoms with Crippen molar-refractivity contribution in [3.63, 3.8) is 0 Å². The minimum absolute atomic E-state index is 0.00683. The Balaban J connectivity index is 1.25. The average Bonchev–Trinajstić information content (AvgIpc) is 3.74. The lowest BCUT2D eigenvalue weighted by molar-refractivity contribution is -1.01. The van der Waals surface area contributed by atoms with Gasteiger partial charge in [0.2, 0.25) is 5.84 Å². The van der Waals surface area contributed by atoms with Gasteiger partial charge in [0.15, 0.2) is 37.6 Å². The summed E-state index contributed by atoms with van der Waals surface area (Å²) in [5, 5.41) is 17.8. The highest BCUT2D eigenvalue weighted by atomic mass is 31.1. The third kappa shape index (κ3) is 9.27. The molecule has 5 heterocycles. The maximum Gasteiger partial charge on any atom is 0.754 e. The van der Waals surface area contributed by atoms with Crippen LogP contribution in [0.4, 0.5) is 5.82 Å². The fourth-order valence-corrected chi connectivity index (χ4v) is 16.1. The Morgan fingerprint density at radius 2 is 1.52 bits per heavy atom. The zero-order valence-corrected chi connectivity index (χ0v) is 42.2. The first-order valence-electron chi connectivity index (χ1n) is 23.0. The fraction of sp³-hybridized carbons (Fsp3) is 0.479. The lowest BCUT2D eigenvalue weighted by Gasteiger charge is -2.44. The van der Waals surface area contributed by atoms with E-state index in [1.165, 1.54) is 12.7 Å². The van der Waals surface area contributed by atoms with E-state index in [4.69, 9.17) is 32.7 Å². The number of aliphatic imine (C=N–C) groups is 1. The molecule has 0 spiro atoms. The van der Waals surface area contributed by atoms with E-state index >= 15 is 0 Å². The predicted octanol–water partition coefficient (Wildman–Crippen LogP) is 8.43. The van der Waals surface area contributed by atoms with Gasteiger partial charge in [-0.05, 0) is 58.5 Å². The van der Waals surface area contributed by atoms with Crippen molar-refractivity contribution in [1.82, 2.24) is 19.5 Å². The van der Waals surface area contributed by atoms with E-state index in [1.807, 2.05) is 42.5 Å². The zero-order chi connectivity index (χ0) is 47.0. The summed E-state index contributed by atoms with van der Waals surface area (Å²) in [5.74, 6) is -1.76. The number of hydrogen-bond acceptors (Lipinski definition) is 12. The monoisotopic (exact) mass is 953 g/mol. The summed E-state index contributed by atoms with van der Waals surface area (Å²) in [5.41, 5.74) is 1.04. The van der Waals surface area contributed by atoms with Crippen molar-refractivity contribution in [3.05, 3.63) is 109 Å². The molecule has 2 saturated heterocycles. The minimum atomic E-state index is -3.25. The number of amides is 1. The number of rotatable bonds is 14. The van der Waals surface area contributed by atoms with E-state index in [1.54, 1.807) is 28.8 Å². The summed E-state index contributed by atoms with van der Waals surface area (Å²) in [6, 6.07) is 29.2. The van der Waals surface area contributed by atoms with Crippen molar-refractivity contribution in [2.45, 2.75) is 121 Å². The van der Waals surface area contributed by atoms with Crippen LogP contribution < -0.4 is 15.7 Å². The molecule has 1 amide bonds. The Kier molecular flexibility index (Phi) is 13.8. The summed E-state index contributed by atoms with van der Waals surface area (Å²) in [6.07, 6.45) is 3.42. The molecule has 66 heavy (non-hydrogen) atoms. The molecule has 2 aromatic heterocycles. The number of anilines is 1. The summed E-state index contributed by atoms with van der Waals surface area (Å²) in [6.45, 7) is 18.7. The molecule has 5 aromatic rings. The molecule has 18 heteroatoms. The number of aliphatic hydroxyl groups is 1. The number of nitrogens with one attached hydrogen (secondary N) is 1. The van der Waals surface area contributed by atoms with Gasteiger partial charge in [-0.2, -0.15) is 0 Å². The molecule has 2 N–H and O–H groups in total. The Labute approximate surface area is 390 Å². The van der Waals surface area contributed by atoms with Crippen molar-refractivity contribution < 1.29 is 41.8 Å². The summed E-state index contributed by atoms with van der Waals surface area (Å²) >= 11 is 0. The largest absolute Gasteiger partial charge is 0.754 e. The van der Waals surface area contributed by atoms with Crippen LogP contribution >= 0.6 is 8.25 Å². The van der Waals surface area contributed by atoms with Gasteiger partial charge in [-0.1, -0.05) is 130 Å². The third-order valence-corrected chi connectivity index (χ3v) is 24.1. The van der Waals surface area contributed by atoms with Gasteiger partial charge in [0, 0.05) is 29.4 Å². The van der Waals surface area contributed by atoms with E-state index in [-0.39, 0.29) is 33.5 Å². The fourth-order valence-electron chi connectivity index (χ4n) is 9.24. The normalized spacial score (nSPS) is 24.3. The maximum atomic E-state index is 14.8. The summed E-state index contributed by atoms with van der Waals surface area (Å²) < 4.78 is 51.3. The first-order valence-corrected chi connectivity index (χ1v) is 28.9. The molecule has 350 valence electrons. The maximum absolute atomic E-state index is 14.8. The van der Waals surface area contributed by atoms with Crippen LogP contribution in [0, 0.1) is 0 Å². The SMILES string of the molecule is CC(C)(C)[Si](C)(C)OC1[C@H](n2cnc3c(NC(=O)c4ccccc4)ncnc32)O[C@H](CO[Si](c2ccccc2)(c2ccccc2)C(C)(C)C)C1(O)O[P+](=O)O[N+]12CCCCCC1=NCCC2. The van der Waals surface area contributed by atoms with Crippen LogP contribution in [0.3, 0.4) is 0 Å². The molecule has 0 bridgehead atoms. The standard InChI is InChI=1S/C48H63N7O8PSi2/c1-46(2,3)65(7,8)61-41-45(54-34-52-40-42(50-33-51-43(40)54)53-44(56)35-22-13-9-14-23-35)60-38(48(41,57)62-64(58)63-55-30-20-12-19-28-39(55)49-29-21-31-55)32-59-66(47(4,5)6,36-24-15-10-16-25-36)37-26-17-11-18-27-37/h9-11,13-18,22-27,33-34,38,41,45,57H,12,19-21,28-32H2,1-8H3/q+1/p+1/t38-,41?,45-,48?,55?/m1/s1. The second-order valence-corrected chi connectivity index (χ2v) is 30.0. The molecular formula is C48H64N7O8PSi2+2. The zero-order valence-electron chi connectivity index (χ0n) is 39.3. The topological polar surface area (TPSA) is 169 Å². The number of imidazole rings is 1. The number of aromatic nitrogens is 4. The molecule has 3 aliphatic rings. The summed E-state index contributed by atoms with van der Waals surface area (Å²) in [7, 11) is -9.13. The van der Waals surface area contributed by atoms with Gasteiger partial charge >= 0.3 is 8.25 Å². The molecule has 2 fully saturated rings. The molecule has 15 nitrogen and oxygen atoms in total. The van der Waals surface area contributed by atoms with Crippen molar-refractivity contribution in [1.29, 1.82) is 0 Å². The van der Waals surface area contributed by atoms with Crippen molar-refractivity contribution >= 4 is 64.0 Å². The Bertz CT molecular complexity index is 2500. The smallest absolute Gasteiger partial charge is 0.405 e. The second kappa shape index (κ2) is 18.9. The highest BCUT2D eigenvalue weighted by Gasteiger charge is 2.68. The molecule has 6 atom stereocenters. The Morgan fingerprint density at radius 3 is 2.15 bits per heavy atom. The molecule has 0 aliphatic carbocycles. The van der Waals surface area contributed by atoms with E-state index < -0.39 is 54.2 Å². The quantitative estimate of drug-likeness (QED) is 0.0475. The number of benzene rings is 3. The number of carbonyl (C=O) groups is 1. The van der Waals surface area contributed by atoms with Crippen LogP contribution in [-0.4, -0.2) is 102 Å². The van der Waals surface area contributed by atoms with E-state index in [2.05, 4.69) is 94.2 Å². The number of hydroxylamine groups is 3. The molecular weight excluding hydrogens is 890 g/mol. The lowest BCUT2D eigenvalue weighted by atomic mass is 10.1. The first-order chi connectivity index (χ1) is 31.4. The molecule has 0 radical (unpaired) electrons. The highest BCUT2D eigenvalue weighted by Crippen LogP contribution is 2.51. The van der Waals surface area contributed by atoms with Crippen LogP contribution in [0.15, 0.2) is 109 Å². The van der Waals surface area contributed by atoms with Gasteiger partial charge < -0.3 is 24.0 Å². The van der Waals surface area contributed by atoms with Gasteiger partial charge in [-0.15, -0.1) is 0 Å². The summed E-state index contributed by atoms with van der Waals surface area (Å²) in [4.78, 5) is 32.0. The van der Waals surface area contributed by atoms with Crippen LogP contribution in [0.1, 0.15) is 90.2 Å². The van der Waals surface area contributed by atoms with Gasteiger partial charge in [-0.25, -0.2) is 19.9 Å². The second-order valence-electron chi connectivity index (χ2n) is 20.1. The molecule has 0 saturated carbocycles. The van der Waals surface area contributed by atoms with E-state index in [0.29, 0.717) is 30.8 Å². The number of ether oxygens (including phenoxy) is 1. The van der Waals surface area contributed by atoms with Crippen LogP contribution in [0.5, 0.6) is 0 Å². The highest BCUT2D eigenvalue weighted by molar-refractivity contribution is 7.33. The molecule has 3 aromatic carbocycles. The molecule has 8 rings (SSSR count). The Morgan fingerprint density at radius 1 is 0.879 bits per heavy atom. The van der Waals surface area contributed by atoms with Gasteiger partial charge in [0.05, 0.1) is 24.1 Å². The number of amidine groups is 1. The third-order valence-electron chi connectivity index (χ3n) is 13.7. The molecule has 3 aliphatic heterocycles. The van der Waals surface area contributed by atoms with Crippen molar-refractivity contribution in [2.75, 3.05) is 31.6 Å². The lowest BCUT2D eigenvalue weighted by Crippen LogP contribution is -2.67. The van der Waals surface area contributed by atoms with Gasteiger partial charge in [0.25, 0.3) is 20.0 Å². The van der Waals surface area contributed by atoms with Gasteiger partial charge in [0.1, 0.15) is 25.5 Å². The number of quaternary nitrogens is 1. The number of hydrogen-bond donors (Lipinski definition) is 2. The van der Waals surface area contributed by atoms with Crippen LogP contribution in [-0.2, 0) is 27.3 Å². The first kappa shape index (κ1) is 48.1. The van der Waals surface area contributed by atoms with E-state index in [0.717, 1.165) is 48.3 Å². The van der Waals surface area contributed by atoms with Crippen molar-refractivity contribution in [3.8, 4) is 0 Å². The average molecular weight is 954 g/mol. The number of carbonyl (C=O) groups excluding carboxylic acids is 1. The molecule has 4 unspecified atom stereocenters. The number of nitrogens with zero attached hydrogens (tertiary/aromatic N) is 6. The van der Waals surface area contributed by atoms with Crippen LogP contribution in [0.25, 0.3) is 11.2 Å². The van der Waals surface area contributed by atoms with Crippen LogP contribution in [0.2, 0.25) is 23.2 Å². The predicted molar refractivity (Wildman–Crippen MR) is 259 cm³/mol. The number of fused-ring (bicyclic) bond motifs is 2. The Hall–Kier alpha value is -4.40. The van der Waals surface area contributed by atoms with E-state index in [9.17, 15) is 14.5 Å². The van der Waals surface area contributed by atoms with Crippen molar-refractivity contribution in [2.24, 2.45) is 4.99 Å².